The maximum Gasteiger partial charge on any atom is 0.0334 e. The van der Waals surface area contributed by atoms with Gasteiger partial charge < -0.3 is 5.32 Å². The van der Waals surface area contributed by atoms with Crippen molar-refractivity contribution >= 4 is 5.57 Å². The molecule has 1 nitrogen and oxygen atoms in total. The van der Waals surface area contributed by atoms with Crippen molar-refractivity contribution in [3.63, 3.8) is 0 Å². The molecule has 0 unspecified atom stereocenters. The Morgan fingerprint density at radius 1 is 1.22 bits per heavy atom. The zero-order valence-electron chi connectivity index (χ0n) is 11.5. The Morgan fingerprint density at radius 2 is 1.94 bits per heavy atom. The second-order valence-electron chi connectivity index (χ2n) is 4.76. The Balaban J connectivity index is 2.35. The molecule has 1 N–H and O–H groups in total. The van der Waals surface area contributed by atoms with Gasteiger partial charge >= 0.3 is 0 Å². The van der Waals surface area contributed by atoms with Crippen LogP contribution in [0.2, 0.25) is 0 Å². The molecule has 1 heterocycles. The maximum atomic E-state index is 3.19. The van der Waals surface area contributed by atoms with Crippen LogP contribution in [-0.2, 0) is 6.42 Å². The summed E-state index contributed by atoms with van der Waals surface area (Å²) in [6.45, 7) is 7.41. The Kier molecular flexibility index (Phi) is 4.03. The Morgan fingerprint density at radius 3 is 2.50 bits per heavy atom. The molecule has 1 aliphatic heterocycles. The first kappa shape index (κ1) is 12.7. The molecule has 0 radical (unpaired) electrons. The second kappa shape index (κ2) is 5.72. The summed E-state index contributed by atoms with van der Waals surface area (Å²) in [7, 11) is 0. The highest BCUT2D eigenvalue weighted by molar-refractivity contribution is 5.76. The zero-order valence-corrected chi connectivity index (χ0v) is 11.5. The summed E-state index contributed by atoms with van der Waals surface area (Å²) in [5.41, 5.74) is 6.87. The molecule has 0 aromatic heterocycles. The van der Waals surface area contributed by atoms with Crippen LogP contribution in [0.1, 0.15) is 29.2 Å². The molecule has 0 bridgehead atoms. The fraction of sp³-hybridized carbons (Fsp3) is 0.294. The van der Waals surface area contributed by atoms with Crippen LogP contribution in [0, 0.1) is 13.8 Å². The van der Waals surface area contributed by atoms with Crippen molar-refractivity contribution in [2.75, 3.05) is 6.54 Å². The summed E-state index contributed by atoms with van der Waals surface area (Å²) in [6, 6.07) is 4.60. The molecule has 1 aromatic rings. The van der Waals surface area contributed by atoms with Crippen molar-refractivity contribution in [2.45, 2.75) is 27.2 Å². The minimum Gasteiger partial charge on any atom is -0.387 e. The second-order valence-corrected chi connectivity index (χ2v) is 4.76. The van der Waals surface area contributed by atoms with Crippen LogP contribution in [0.4, 0.5) is 0 Å². The molecule has 0 spiro atoms. The van der Waals surface area contributed by atoms with Gasteiger partial charge in [-0.1, -0.05) is 30.4 Å². The van der Waals surface area contributed by atoms with Gasteiger partial charge in [-0.15, -0.1) is 0 Å². The third kappa shape index (κ3) is 2.73. The summed E-state index contributed by atoms with van der Waals surface area (Å²) in [5.74, 6) is 0. The van der Waals surface area contributed by atoms with Crippen LogP contribution in [0.25, 0.3) is 5.57 Å². The van der Waals surface area contributed by atoms with Crippen molar-refractivity contribution < 1.29 is 0 Å². The van der Waals surface area contributed by atoms with Gasteiger partial charge in [-0.05, 0) is 67.3 Å². The number of benzene rings is 1. The third-order valence-electron chi connectivity index (χ3n) is 3.41. The van der Waals surface area contributed by atoms with Crippen molar-refractivity contribution in [3.8, 4) is 0 Å². The molecule has 0 fully saturated rings. The highest BCUT2D eigenvalue weighted by atomic mass is 14.8. The molecule has 18 heavy (non-hydrogen) atoms. The van der Waals surface area contributed by atoms with Gasteiger partial charge in [0.05, 0.1) is 0 Å². The van der Waals surface area contributed by atoms with Crippen LogP contribution in [0.5, 0.6) is 0 Å². The Bertz CT molecular complexity index is 495. The minimum absolute atomic E-state index is 0.921. The van der Waals surface area contributed by atoms with Gasteiger partial charge in [-0.3, -0.25) is 0 Å². The first-order chi connectivity index (χ1) is 8.72. The normalized spacial score (nSPS) is 14.7. The van der Waals surface area contributed by atoms with E-state index in [1.807, 2.05) is 6.20 Å². The SMILES string of the molecule is C/C=C\Cc1c(C)cc(C2=CCNC=C2)cc1C. The largest absolute Gasteiger partial charge is 0.387 e. The first-order valence-electron chi connectivity index (χ1n) is 6.54. The van der Waals surface area contributed by atoms with Gasteiger partial charge in [0, 0.05) is 6.54 Å². The number of aryl methyl sites for hydroxylation is 2. The molecule has 0 aliphatic carbocycles. The first-order valence-corrected chi connectivity index (χ1v) is 6.54. The predicted octanol–water partition coefficient (Wildman–Crippen LogP) is 3.92. The van der Waals surface area contributed by atoms with Crippen molar-refractivity contribution in [3.05, 3.63) is 64.9 Å². The summed E-state index contributed by atoms with van der Waals surface area (Å²) < 4.78 is 0. The predicted molar refractivity (Wildman–Crippen MR) is 79.6 cm³/mol. The molecule has 0 atom stereocenters. The number of hydrogen-bond donors (Lipinski definition) is 1. The molecule has 1 heteroatoms. The lowest BCUT2D eigenvalue weighted by Crippen LogP contribution is -2.08. The lowest BCUT2D eigenvalue weighted by molar-refractivity contribution is 0.975. The van der Waals surface area contributed by atoms with Crippen LogP contribution >= 0.6 is 0 Å². The lowest BCUT2D eigenvalue weighted by Gasteiger charge is -2.14. The summed E-state index contributed by atoms with van der Waals surface area (Å²) in [4.78, 5) is 0. The minimum atomic E-state index is 0.921. The summed E-state index contributed by atoms with van der Waals surface area (Å²) in [5, 5.41) is 3.19. The van der Waals surface area contributed by atoms with E-state index in [0.29, 0.717) is 0 Å². The van der Waals surface area contributed by atoms with Gasteiger partial charge in [0.15, 0.2) is 0 Å². The van der Waals surface area contributed by atoms with Crippen LogP contribution in [0.15, 0.2) is 42.6 Å². The average molecular weight is 239 g/mol. The molecule has 2 rings (SSSR count). The van der Waals surface area contributed by atoms with E-state index in [9.17, 15) is 0 Å². The Labute approximate surface area is 110 Å². The van der Waals surface area contributed by atoms with Crippen molar-refractivity contribution in [1.29, 1.82) is 0 Å². The molecular weight excluding hydrogens is 218 g/mol. The fourth-order valence-electron chi connectivity index (χ4n) is 2.39. The number of allylic oxidation sites excluding steroid dienone is 4. The molecular formula is C17H21N. The van der Waals surface area contributed by atoms with Crippen LogP contribution in [0.3, 0.4) is 0 Å². The van der Waals surface area contributed by atoms with Gasteiger partial charge in [-0.2, -0.15) is 0 Å². The van der Waals surface area contributed by atoms with Gasteiger partial charge in [0.25, 0.3) is 0 Å². The van der Waals surface area contributed by atoms with E-state index in [1.165, 1.54) is 27.8 Å². The number of nitrogens with one attached hydrogen (secondary N) is 1. The van der Waals surface area contributed by atoms with Crippen LogP contribution < -0.4 is 5.32 Å². The fourth-order valence-corrected chi connectivity index (χ4v) is 2.39. The van der Waals surface area contributed by atoms with Gasteiger partial charge in [-0.25, -0.2) is 0 Å². The zero-order chi connectivity index (χ0) is 13.0. The van der Waals surface area contributed by atoms with Crippen molar-refractivity contribution in [1.82, 2.24) is 5.32 Å². The summed E-state index contributed by atoms with van der Waals surface area (Å²) >= 11 is 0. The van der Waals surface area contributed by atoms with Crippen LogP contribution in [-0.4, -0.2) is 6.54 Å². The number of rotatable bonds is 3. The van der Waals surface area contributed by atoms with Crippen molar-refractivity contribution in [2.24, 2.45) is 0 Å². The molecule has 94 valence electrons. The van der Waals surface area contributed by atoms with E-state index in [1.54, 1.807) is 0 Å². The van der Waals surface area contributed by atoms with Gasteiger partial charge in [0.2, 0.25) is 0 Å². The molecule has 1 aromatic carbocycles. The highest BCUT2D eigenvalue weighted by Crippen LogP contribution is 2.24. The highest BCUT2D eigenvalue weighted by Gasteiger charge is 2.07. The topological polar surface area (TPSA) is 12.0 Å². The van der Waals surface area contributed by atoms with E-state index >= 15 is 0 Å². The monoisotopic (exact) mass is 239 g/mol. The number of dihydropyridines is 1. The van der Waals surface area contributed by atoms with E-state index < -0.39 is 0 Å². The smallest absolute Gasteiger partial charge is 0.0334 e. The molecule has 0 saturated heterocycles. The lowest BCUT2D eigenvalue weighted by atomic mass is 9.93. The quantitative estimate of drug-likeness (QED) is 0.788. The molecule has 1 aliphatic rings. The van der Waals surface area contributed by atoms with E-state index in [2.05, 4.69) is 62.5 Å². The summed E-state index contributed by atoms with van der Waals surface area (Å²) in [6.07, 6.45) is 11.8. The maximum absolute atomic E-state index is 3.19. The third-order valence-corrected chi connectivity index (χ3v) is 3.41. The van der Waals surface area contributed by atoms with E-state index in [-0.39, 0.29) is 0 Å². The average Bonchev–Trinajstić information content (AvgIpc) is 2.39. The van der Waals surface area contributed by atoms with Gasteiger partial charge in [0.1, 0.15) is 0 Å². The molecule has 0 saturated carbocycles. The standard InChI is InChI=1S/C17H21N/c1-4-5-6-17-13(2)11-16(12-14(17)3)15-7-9-18-10-8-15/h4-5,7-9,11-12,18H,6,10H2,1-3H3/b5-4-. The Hall–Kier alpha value is -1.76. The molecule has 0 amide bonds. The van der Waals surface area contributed by atoms with E-state index in [0.717, 1.165) is 13.0 Å². The number of hydrogen-bond acceptors (Lipinski definition) is 1. The van der Waals surface area contributed by atoms with E-state index in [4.69, 9.17) is 0 Å².